The molecular formula is C26H18F6N4O. The van der Waals surface area contributed by atoms with Gasteiger partial charge in [-0.2, -0.15) is 18.3 Å². The Balaban J connectivity index is 1.52. The molecule has 0 spiro atoms. The molecule has 0 aromatic heterocycles. The maximum Gasteiger partial charge on any atom is 0.416 e. The van der Waals surface area contributed by atoms with Gasteiger partial charge in [-0.1, -0.05) is 42.5 Å². The van der Waals surface area contributed by atoms with Crippen LogP contribution in [-0.2, 0) is 11.3 Å². The SMILES string of the molecule is COC1(Cn2cc3nc(-c4cccc(F)c4F)nc-3cn2)C=CC(c2ccccc2)=C(C(F)(F)F)C1F. The summed E-state index contributed by atoms with van der Waals surface area (Å²) in [7, 11) is 1.12. The molecule has 0 radical (unpaired) electrons. The van der Waals surface area contributed by atoms with Crippen molar-refractivity contribution in [1.82, 2.24) is 19.7 Å². The van der Waals surface area contributed by atoms with Crippen LogP contribution in [-0.4, -0.2) is 44.8 Å². The van der Waals surface area contributed by atoms with Crippen LogP contribution in [0.5, 0.6) is 0 Å². The van der Waals surface area contributed by atoms with E-state index in [1.54, 1.807) is 18.2 Å². The summed E-state index contributed by atoms with van der Waals surface area (Å²) in [5, 5.41) is 4.11. The van der Waals surface area contributed by atoms with Crippen LogP contribution in [0.25, 0.3) is 28.3 Å². The van der Waals surface area contributed by atoms with E-state index < -0.39 is 41.7 Å². The van der Waals surface area contributed by atoms with Gasteiger partial charge >= 0.3 is 6.18 Å². The molecule has 0 amide bonds. The predicted octanol–water partition coefficient (Wildman–Crippen LogP) is 6.03. The molecule has 2 heterocycles. The fourth-order valence-corrected chi connectivity index (χ4v) is 4.31. The standard InChI is InChI=1S/C26H18F6N4O/c1-37-25(11-10-16(15-6-3-2-4-7-15)21(23(25)29)26(30,31)32)14-36-13-20-19(12-33-36)34-24(35-20)17-8-5-9-18(27)22(17)28/h2-13,23H,14H2,1H3. The zero-order valence-electron chi connectivity index (χ0n) is 19.2. The molecule has 1 aliphatic carbocycles. The number of methoxy groups -OCH3 is 1. The van der Waals surface area contributed by atoms with E-state index in [4.69, 9.17) is 4.74 Å². The molecule has 0 N–H and O–H groups in total. The van der Waals surface area contributed by atoms with E-state index in [0.29, 0.717) is 0 Å². The van der Waals surface area contributed by atoms with Crippen molar-refractivity contribution in [3.8, 4) is 22.8 Å². The Hall–Kier alpha value is -3.99. The summed E-state index contributed by atoms with van der Waals surface area (Å²) in [6.45, 7) is -0.435. The van der Waals surface area contributed by atoms with E-state index in [9.17, 15) is 22.0 Å². The highest BCUT2D eigenvalue weighted by Gasteiger charge is 2.52. The molecule has 2 unspecified atom stereocenters. The fraction of sp³-hybridized carbons (Fsp3) is 0.192. The van der Waals surface area contributed by atoms with Crippen LogP contribution in [0, 0.1) is 11.6 Å². The molecule has 2 atom stereocenters. The second kappa shape index (κ2) is 9.15. The van der Waals surface area contributed by atoms with Gasteiger partial charge in [0.25, 0.3) is 0 Å². The Morgan fingerprint density at radius 2 is 1.73 bits per heavy atom. The monoisotopic (exact) mass is 516 g/mol. The van der Waals surface area contributed by atoms with Crippen LogP contribution in [0.15, 0.2) is 78.6 Å². The van der Waals surface area contributed by atoms with Crippen LogP contribution in [0.1, 0.15) is 5.56 Å². The Kier molecular flexibility index (Phi) is 6.10. The number of imidazole rings is 1. The van der Waals surface area contributed by atoms with Crippen molar-refractivity contribution in [3.05, 3.63) is 95.8 Å². The van der Waals surface area contributed by atoms with Gasteiger partial charge in [0.15, 0.2) is 23.6 Å². The van der Waals surface area contributed by atoms with Crippen LogP contribution in [0.4, 0.5) is 26.3 Å². The minimum Gasteiger partial charge on any atom is -0.369 e. The molecule has 11 heteroatoms. The largest absolute Gasteiger partial charge is 0.416 e. The molecule has 0 saturated heterocycles. The smallest absolute Gasteiger partial charge is 0.369 e. The lowest BCUT2D eigenvalue weighted by molar-refractivity contribution is -0.120. The zero-order valence-corrected chi connectivity index (χ0v) is 19.2. The van der Waals surface area contributed by atoms with Crippen molar-refractivity contribution in [2.24, 2.45) is 0 Å². The molecule has 5 rings (SSSR count). The van der Waals surface area contributed by atoms with Crippen LogP contribution in [0.3, 0.4) is 0 Å². The molecule has 0 saturated carbocycles. The van der Waals surface area contributed by atoms with E-state index in [1.165, 1.54) is 53.5 Å². The highest BCUT2D eigenvalue weighted by Crippen LogP contribution is 2.45. The van der Waals surface area contributed by atoms with Gasteiger partial charge in [-0.25, -0.2) is 23.1 Å². The van der Waals surface area contributed by atoms with Crippen LogP contribution in [0.2, 0.25) is 0 Å². The number of rotatable bonds is 5. The summed E-state index contributed by atoms with van der Waals surface area (Å²) in [5.74, 6) is -2.28. The van der Waals surface area contributed by atoms with Gasteiger partial charge in [0.05, 0.1) is 30.1 Å². The average Bonchev–Trinajstić information content (AvgIpc) is 3.29. The number of alkyl halides is 4. The summed E-state index contributed by atoms with van der Waals surface area (Å²) in [6.07, 6.45) is -2.52. The topological polar surface area (TPSA) is 52.8 Å². The predicted molar refractivity (Wildman–Crippen MR) is 123 cm³/mol. The summed E-state index contributed by atoms with van der Waals surface area (Å²) in [4.78, 5) is 8.34. The molecule has 2 aromatic rings. The van der Waals surface area contributed by atoms with Crippen molar-refractivity contribution in [3.63, 3.8) is 0 Å². The molecule has 0 bridgehead atoms. The fourth-order valence-electron chi connectivity index (χ4n) is 4.31. The summed E-state index contributed by atoms with van der Waals surface area (Å²) < 4.78 is 92.4. The molecule has 5 nitrogen and oxygen atoms in total. The molecular weight excluding hydrogens is 498 g/mol. The summed E-state index contributed by atoms with van der Waals surface area (Å²) >= 11 is 0. The first-order valence-corrected chi connectivity index (χ1v) is 11.0. The lowest BCUT2D eigenvalue weighted by atomic mass is 9.81. The number of hydrogen-bond acceptors (Lipinski definition) is 4. The zero-order chi connectivity index (χ0) is 26.4. The third kappa shape index (κ3) is 4.39. The highest BCUT2D eigenvalue weighted by atomic mass is 19.4. The number of benzene rings is 2. The second-order valence-electron chi connectivity index (χ2n) is 8.44. The first-order valence-electron chi connectivity index (χ1n) is 11.0. The summed E-state index contributed by atoms with van der Waals surface area (Å²) in [6, 6.07) is 11.3. The van der Waals surface area contributed by atoms with Gasteiger partial charge in [0, 0.05) is 7.11 Å². The first-order chi connectivity index (χ1) is 17.6. The van der Waals surface area contributed by atoms with Gasteiger partial charge in [0.1, 0.15) is 17.0 Å². The van der Waals surface area contributed by atoms with E-state index in [2.05, 4.69) is 15.1 Å². The average molecular weight is 516 g/mol. The Labute approximate surface area is 207 Å². The molecule has 2 aliphatic heterocycles. The van der Waals surface area contributed by atoms with Gasteiger partial charge in [0.2, 0.25) is 0 Å². The second-order valence-corrected chi connectivity index (χ2v) is 8.44. The van der Waals surface area contributed by atoms with Crippen molar-refractivity contribution in [2.75, 3.05) is 7.11 Å². The Bertz CT molecular complexity index is 1480. The number of nitrogens with zero attached hydrogens (tertiary/aromatic N) is 4. The number of fused-ring (bicyclic) bond motifs is 1. The molecule has 190 valence electrons. The minimum atomic E-state index is -4.97. The van der Waals surface area contributed by atoms with Gasteiger partial charge in [-0.05, 0) is 29.3 Å². The van der Waals surface area contributed by atoms with Gasteiger partial charge in [-0.15, -0.1) is 0 Å². The van der Waals surface area contributed by atoms with Gasteiger partial charge in [-0.3, -0.25) is 4.68 Å². The quantitative estimate of drug-likeness (QED) is 0.304. The van der Waals surface area contributed by atoms with Crippen molar-refractivity contribution < 1.29 is 31.1 Å². The van der Waals surface area contributed by atoms with E-state index >= 15 is 4.39 Å². The first kappa shape index (κ1) is 24.7. The minimum absolute atomic E-state index is 0.0938. The number of hydrogen-bond donors (Lipinski definition) is 0. The van der Waals surface area contributed by atoms with Crippen molar-refractivity contribution in [2.45, 2.75) is 24.5 Å². The Morgan fingerprint density at radius 1 is 1.00 bits per heavy atom. The third-order valence-electron chi connectivity index (χ3n) is 6.19. The number of aromatic nitrogens is 4. The number of allylic oxidation sites excluding steroid dienone is 2. The molecule has 2 aromatic carbocycles. The lowest BCUT2D eigenvalue weighted by Crippen LogP contribution is -2.49. The molecule has 0 fully saturated rings. The summed E-state index contributed by atoms with van der Waals surface area (Å²) in [5.41, 5.74) is -3.19. The van der Waals surface area contributed by atoms with Crippen LogP contribution >= 0.6 is 0 Å². The third-order valence-corrected chi connectivity index (χ3v) is 6.19. The van der Waals surface area contributed by atoms with Crippen LogP contribution < -0.4 is 0 Å². The van der Waals surface area contributed by atoms with Gasteiger partial charge < -0.3 is 4.74 Å². The number of ether oxygens (including phenoxy) is 1. The van der Waals surface area contributed by atoms with E-state index in [1.807, 2.05) is 0 Å². The lowest BCUT2D eigenvalue weighted by Gasteiger charge is -2.38. The maximum atomic E-state index is 15.8. The highest BCUT2D eigenvalue weighted by molar-refractivity contribution is 5.80. The van der Waals surface area contributed by atoms with Crippen molar-refractivity contribution in [1.29, 1.82) is 0 Å². The Morgan fingerprint density at radius 3 is 2.43 bits per heavy atom. The normalized spacial score (nSPS) is 20.1. The maximum absolute atomic E-state index is 15.8. The van der Waals surface area contributed by atoms with E-state index in [-0.39, 0.29) is 33.9 Å². The molecule has 37 heavy (non-hydrogen) atoms. The molecule has 3 aliphatic rings. The van der Waals surface area contributed by atoms with E-state index in [0.717, 1.165) is 13.2 Å². The number of halogens is 6. The van der Waals surface area contributed by atoms with Crippen molar-refractivity contribution >= 4 is 5.57 Å².